The summed E-state index contributed by atoms with van der Waals surface area (Å²) in [6, 6.07) is 11.2. The van der Waals surface area contributed by atoms with E-state index in [4.69, 9.17) is 5.73 Å². The number of halogens is 1. The molecule has 18 heavy (non-hydrogen) atoms. The Labute approximate surface area is 104 Å². The minimum Gasteiger partial charge on any atom is -0.397 e. The van der Waals surface area contributed by atoms with Crippen LogP contribution in [0.2, 0.25) is 0 Å². The first kappa shape index (κ1) is 11.8. The molecule has 1 heterocycles. The lowest BCUT2D eigenvalue weighted by atomic mass is 10.0. The molecule has 1 aromatic heterocycles. The number of hydrogen-bond donors (Lipinski definition) is 1. The predicted molar refractivity (Wildman–Crippen MR) is 67.3 cm³/mol. The number of pyridine rings is 1. The van der Waals surface area contributed by atoms with Gasteiger partial charge in [0.25, 0.3) is 0 Å². The summed E-state index contributed by atoms with van der Waals surface area (Å²) in [5, 5.41) is 9.18. The van der Waals surface area contributed by atoms with E-state index in [1.54, 1.807) is 36.7 Å². The first-order valence-corrected chi connectivity index (χ1v) is 5.28. The number of hydrogen-bond acceptors (Lipinski definition) is 3. The Bertz CT molecular complexity index is 610. The fourth-order valence-electron chi connectivity index (χ4n) is 1.57. The van der Waals surface area contributed by atoms with Gasteiger partial charge in [-0.1, -0.05) is 0 Å². The Hall–Kier alpha value is -2.67. The highest BCUT2D eigenvalue weighted by molar-refractivity contribution is 5.95. The Morgan fingerprint density at radius 2 is 1.67 bits per heavy atom. The van der Waals surface area contributed by atoms with Gasteiger partial charge in [-0.05, 0) is 47.5 Å². The summed E-state index contributed by atoms with van der Waals surface area (Å²) in [5.41, 5.74) is 7.92. The average molecular weight is 239 g/mol. The second kappa shape index (κ2) is 5.11. The second-order valence-electron chi connectivity index (χ2n) is 3.64. The van der Waals surface area contributed by atoms with E-state index in [1.807, 2.05) is 0 Å². The first-order chi connectivity index (χ1) is 8.72. The van der Waals surface area contributed by atoms with E-state index in [-0.39, 0.29) is 5.82 Å². The molecule has 2 N–H and O–H groups in total. The highest BCUT2D eigenvalue weighted by Crippen LogP contribution is 2.21. The van der Waals surface area contributed by atoms with Gasteiger partial charge in [0.05, 0.1) is 11.3 Å². The van der Waals surface area contributed by atoms with Gasteiger partial charge in [0.2, 0.25) is 0 Å². The lowest BCUT2D eigenvalue weighted by Crippen LogP contribution is -2.00. The monoisotopic (exact) mass is 239 g/mol. The van der Waals surface area contributed by atoms with E-state index in [2.05, 4.69) is 11.1 Å². The molecule has 0 amide bonds. The molecule has 0 saturated heterocycles. The van der Waals surface area contributed by atoms with E-state index in [0.29, 0.717) is 22.4 Å². The fourth-order valence-corrected chi connectivity index (χ4v) is 1.57. The third kappa shape index (κ3) is 2.36. The van der Waals surface area contributed by atoms with Gasteiger partial charge in [0, 0.05) is 12.4 Å². The van der Waals surface area contributed by atoms with Crippen molar-refractivity contribution in [1.29, 1.82) is 5.26 Å². The van der Waals surface area contributed by atoms with Gasteiger partial charge >= 0.3 is 0 Å². The van der Waals surface area contributed by atoms with Crippen LogP contribution in [0.5, 0.6) is 0 Å². The molecule has 1 aromatic carbocycles. The van der Waals surface area contributed by atoms with Gasteiger partial charge in [0.15, 0.2) is 0 Å². The van der Waals surface area contributed by atoms with Crippen LogP contribution in [0.15, 0.2) is 48.8 Å². The average Bonchev–Trinajstić information content (AvgIpc) is 2.41. The van der Waals surface area contributed by atoms with Crippen molar-refractivity contribution in [3.63, 3.8) is 0 Å². The molecule has 0 saturated carbocycles. The van der Waals surface area contributed by atoms with Crippen LogP contribution in [-0.2, 0) is 0 Å². The lowest BCUT2D eigenvalue weighted by molar-refractivity contribution is 0.627. The smallest absolute Gasteiger partial charge is 0.123 e. The van der Waals surface area contributed by atoms with Crippen LogP contribution in [0, 0.1) is 17.1 Å². The number of benzene rings is 1. The minimum absolute atomic E-state index is 0.323. The zero-order valence-electron chi connectivity index (χ0n) is 9.47. The van der Waals surface area contributed by atoms with Crippen LogP contribution in [0.1, 0.15) is 11.1 Å². The Morgan fingerprint density at radius 3 is 2.22 bits per heavy atom. The van der Waals surface area contributed by atoms with Crippen molar-refractivity contribution in [3.05, 3.63) is 65.7 Å². The zero-order chi connectivity index (χ0) is 13.0. The highest BCUT2D eigenvalue weighted by Gasteiger charge is 2.08. The van der Waals surface area contributed by atoms with Crippen molar-refractivity contribution < 1.29 is 4.39 Å². The summed E-state index contributed by atoms with van der Waals surface area (Å²) in [4.78, 5) is 3.88. The van der Waals surface area contributed by atoms with E-state index in [9.17, 15) is 9.65 Å². The van der Waals surface area contributed by atoms with Gasteiger partial charge in [-0.25, -0.2) is 4.39 Å². The van der Waals surface area contributed by atoms with Crippen LogP contribution >= 0.6 is 0 Å². The Balaban J connectivity index is 2.51. The van der Waals surface area contributed by atoms with Gasteiger partial charge in [-0.2, -0.15) is 5.26 Å². The topological polar surface area (TPSA) is 62.7 Å². The molecule has 0 bridgehead atoms. The summed E-state index contributed by atoms with van der Waals surface area (Å²) >= 11 is 0. The van der Waals surface area contributed by atoms with Gasteiger partial charge < -0.3 is 5.73 Å². The molecule has 0 radical (unpaired) electrons. The van der Waals surface area contributed by atoms with Gasteiger partial charge in [-0.3, -0.25) is 4.98 Å². The van der Waals surface area contributed by atoms with Crippen LogP contribution in [-0.4, -0.2) is 4.98 Å². The number of aromatic nitrogens is 1. The van der Waals surface area contributed by atoms with Crippen molar-refractivity contribution in [2.75, 3.05) is 0 Å². The molecule has 0 atom stereocenters. The highest BCUT2D eigenvalue weighted by atomic mass is 19.1. The maximum Gasteiger partial charge on any atom is 0.123 e. The van der Waals surface area contributed by atoms with Crippen LogP contribution < -0.4 is 5.73 Å². The molecule has 0 fully saturated rings. The van der Waals surface area contributed by atoms with E-state index < -0.39 is 0 Å². The van der Waals surface area contributed by atoms with E-state index in [1.165, 1.54) is 12.1 Å². The number of allylic oxidation sites excluding steroid dienone is 1. The summed E-state index contributed by atoms with van der Waals surface area (Å²) in [5.74, 6) is -0.339. The predicted octanol–water partition coefficient (Wildman–Crippen LogP) is 2.57. The number of nitrogens with zero attached hydrogens (tertiary/aromatic N) is 2. The standard InChI is InChI=1S/C14H10FN3/c15-12-3-1-11(2-4-12)14(17)13(9-16)10-5-7-18-8-6-10/h1-8H,17H2/b14-13-. The largest absolute Gasteiger partial charge is 0.397 e. The molecular weight excluding hydrogens is 229 g/mol. The number of nitriles is 1. The van der Waals surface area contributed by atoms with Crippen LogP contribution in [0.4, 0.5) is 4.39 Å². The van der Waals surface area contributed by atoms with E-state index >= 15 is 0 Å². The van der Waals surface area contributed by atoms with Crippen molar-refractivity contribution in [2.24, 2.45) is 5.73 Å². The van der Waals surface area contributed by atoms with Crippen molar-refractivity contribution in [2.45, 2.75) is 0 Å². The number of nitrogens with two attached hydrogens (primary N) is 1. The molecule has 2 aromatic rings. The molecule has 3 nitrogen and oxygen atoms in total. The third-order valence-corrected chi connectivity index (χ3v) is 2.51. The maximum atomic E-state index is 12.8. The molecule has 0 aliphatic heterocycles. The molecule has 4 heteroatoms. The van der Waals surface area contributed by atoms with Crippen molar-refractivity contribution >= 4 is 11.3 Å². The van der Waals surface area contributed by atoms with Crippen molar-refractivity contribution in [1.82, 2.24) is 4.98 Å². The summed E-state index contributed by atoms with van der Waals surface area (Å²) in [7, 11) is 0. The summed E-state index contributed by atoms with van der Waals surface area (Å²) < 4.78 is 12.8. The minimum atomic E-state index is -0.339. The Morgan fingerprint density at radius 1 is 1.06 bits per heavy atom. The molecule has 2 rings (SSSR count). The molecule has 0 unspecified atom stereocenters. The Kier molecular flexibility index (Phi) is 3.35. The molecule has 0 spiro atoms. The van der Waals surface area contributed by atoms with Crippen LogP contribution in [0.3, 0.4) is 0 Å². The second-order valence-corrected chi connectivity index (χ2v) is 3.64. The van der Waals surface area contributed by atoms with Crippen molar-refractivity contribution in [3.8, 4) is 6.07 Å². The molecule has 88 valence electrons. The molecular formula is C14H10FN3. The zero-order valence-corrected chi connectivity index (χ0v) is 9.47. The van der Waals surface area contributed by atoms with Gasteiger partial charge in [0.1, 0.15) is 11.9 Å². The van der Waals surface area contributed by atoms with E-state index in [0.717, 1.165) is 0 Å². The summed E-state index contributed by atoms with van der Waals surface area (Å²) in [6.45, 7) is 0. The fraction of sp³-hybridized carbons (Fsp3) is 0. The maximum absolute atomic E-state index is 12.8. The molecule has 0 aliphatic carbocycles. The quantitative estimate of drug-likeness (QED) is 0.819. The first-order valence-electron chi connectivity index (χ1n) is 5.28. The van der Waals surface area contributed by atoms with Crippen LogP contribution in [0.25, 0.3) is 11.3 Å². The van der Waals surface area contributed by atoms with Gasteiger partial charge in [-0.15, -0.1) is 0 Å². The lowest BCUT2D eigenvalue weighted by Gasteiger charge is -2.06. The SMILES string of the molecule is N#C/C(=C(/N)c1ccc(F)cc1)c1ccncc1. The third-order valence-electron chi connectivity index (χ3n) is 2.51. The normalized spacial score (nSPS) is 11.6. The summed E-state index contributed by atoms with van der Waals surface area (Å²) in [6.07, 6.45) is 3.18. The molecule has 0 aliphatic rings. The number of rotatable bonds is 2.